The van der Waals surface area contributed by atoms with Gasteiger partial charge in [0.2, 0.25) is 15.9 Å². The molecular formula is C21H27N3O3S. The van der Waals surface area contributed by atoms with Crippen molar-refractivity contribution in [3.8, 4) is 0 Å². The second kappa shape index (κ2) is 8.86. The number of nitrogens with zero attached hydrogens (tertiary/aromatic N) is 2. The standard InChI is InChI=1S/C21H27N3O3S/c1-17-8-10-20(11-9-17)28(26,27)22-16-21(19-6-4-3-5-7-19)24-14-12-23(13-15-24)18(2)25/h3-11,21-22H,12-16H2,1-2H3. The van der Waals surface area contributed by atoms with Gasteiger partial charge in [0, 0.05) is 45.7 Å². The van der Waals surface area contributed by atoms with Crippen molar-refractivity contribution in [2.45, 2.75) is 24.8 Å². The number of carbonyl (C=O) groups excluding carboxylic acids is 1. The van der Waals surface area contributed by atoms with Gasteiger partial charge in [0.25, 0.3) is 0 Å². The molecule has 1 heterocycles. The number of hydrogen-bond acceptors (Lipinski definition) is 4. The predicted octanol–water partition coefficient (Wildman–Crippen LogP) is 2.18. The molecule has 0 aliphatic carbocycles. The van der Waals surface area contributed by atoms with Crippen LogP contribution in [-0.4, -0.2) is 56.8 Å². The first kappa shape index (κ1) is 20.5. The molecule has 0 aromatic heterocycles. The van der Waals surface area contributed by atoms with Crippen molar-refractivity contribution in [2.24, 2.45) is 0 Å². The quantitative estimate of drug-likeness (QED) is 0.806. The van der Waals surface area contributed by atoms with Crippen LogP contribution in [0.1, 0.15) is 24.1 Å². The Labute approximate surface area is 167 Å². The highest BCUT2D eigenvalue weighted by Gasteiger charge is 2.27. The Kier molecular flexibility index (Phi) is 6.49. The molecule has 1 fully saturated rings. The summed E-state index contributed by atoms with van der Waals surface area (Å²) in [4.78, 5) is 15.9. The topological polar surface area (TPSA) is 69.7 Å². The number of nitrogens with one attached hydrogen (secondary N) is 1. The summed E-state index contributed by atoms with van der Waals surface area (Å²) in [7, 11) is -3.58. The molecule has 7 heteroatoms. The van der Waals surface area contributed by atoms with E-state index in [0.717, 1.165) is 11.1 Å². The SMILES string of the molecule is CC(=O)N1CCN(C(CNS(=O)(=O)c2ccc(C)cc2)c2ccccc2)CC1. The second-order valence-corrected chi connectivity index (χ2v) is 8.90. The van der Waals surface area contributed by atoms with Crippen molar-refractivity contribution in [3.05, 3.63) is 65.7 Å². The number of carbonyl (C=O) groups is 1. The monoisotopic (exact) mass is 401 g/mol. The predicted molar refractivity (Wildman–Crippen MR) is 109 cm³/mol. The molecule has 1 atom stereocenters. The molecule has 0 saturated carbocycles. The number of amides is 1. The molecule has 28 heavy (non-hydrogen) atoms. The van der Waals surface area contributed by atoms with E-state index in [-0.39, 0.29) is 23.4 Å². The highest BCUT2D eigenvalue weighted by atomic mass is 32.2. The van der Waals surface area contributed by atoms with Crippen molar-refractivity contribution >= 4 is 15.9 Å². The number of rotatable bonds is 6. The van der Waals surface area contributed by atoms with Gasteiger partial charge < -0.3 is 4.90 Å². The largest absolute Gasteiger partial charge is 0.340 e. The molecule has 1 aliphatic heterocycles. The van der Waals surface area contributed by atoms with Crippen LogP contribution >= 0.6 is 0 Å². The normalized spacial score (nSPS) is 16.7. The maximum atomic E-state index is 12.7. The van der Waals surface area contributed by atoms with Gasteiger partial charge in [-0.1, -0.05) is 48.0 Å². The van der Waals surface area contributed by atoms with E-state index in [2.05, 4.69) is 9.62 Å². The molecule has 2 aromatic carbocycles. The summed E-state index contributed by atoms with van der Waals surface area (Å²) in [5, 5.41) is 0. The summed E-state index contributed by atoms with van der Waals surface area (Å²) >= 11 is 0. The molecule has 1 aliphatic rings. The molecule has 3 rings (SSSR count). The zero-order valence-electron chi connectivity index (χ0n) is 16.3. The fourth-order valence-electron chi connectivity index (χ4n) is 3.47. The third-order valence-corrected chi connectivity index (χ3v) is 6.62. The molecule has 1 N–H and O–H groups in total. The summed E-state index contributed by atoms with van der Waals surface area (Å²) in [5.41, 5.74) is 2.08. The van der Waals surface area contributed by atoms with Gasteiger partial charge in [-0.05, 0) is 24.6 Å². The van der Waals surface area contributed by atoms with Crippen LogP contribution in [0.4, 0.5) is 0 Å². The van der Waals surface area contributed by atoms with Gasteiger partial charge >= 0.3 is 0 Å². The van der Waals surface area contributed by atoms with Crippen molar-refractivity contribution in [1.29, 1.82) is 0 Å². The average molecular weight is 402 g/mol. The third-order valence-electron chi connectivity index (χ3n) is 5.18. The summed E-state index contributed by atoms with van der Waals surface area (Å²) in [5.74, 6) is 0.0796. The van der Waals surface area contributed by atoms with Gasteiger partial charge in [-0.15, -0.1) is 0 Å². The Bertz CT molecular complexity index is 890. The van der Waals surface area contributed by atoms with Crippen LogP contribution < -0.4 is 4.72 Å². The summed E-state index contributed by atoms with van der Waals surface area (Å²) in [6.45, 7) is 6.53. The van der Waals surface area contributed by atoms with E-state index in [1.807, 2.05) is 42.2 Å². The van der Waals surface area contributed by atoms with Crippen molar-refractivity contribution in [1.82, 2.24) is 14.5 Å². The van der Waals surface area contributed by atoms with Gasteiger partial charge in [-0.2, -0.15) is 0 Å². The first-order chi connectivity index (χ1) is 13.4. The van der Waals surface area contributed by atoms with Crippen LogP contribution in [0, 0.1) is 6.92 Å². The van der Waals surface area contributed by atoms with E-state index in [1.54, 1.807) is 31.2 Å². The smallest absolute Gasteiger partial charge is 0.240 e. The molecule has 0 radical (unpaired) electrons. The lowest BCUT2D eigenvalue weighted by atomic mass is 10.0. The van der Waals surface area contributed by atoms with E-state index >= 15 is 0 Å². The third kappa shape index (κ3) is 4.98. The van der Waals surface area contributed by atoms with E-state index in [9.17, 15) is 13.2 Å². The lowest BCUT2D eigenvalue weighted by molar-refractivity contribution is -0.130. The Balaban J connectivity index is 1.75. The van der Waals surface area contributed by atoms with Gasteiger partial charge in [-0.25, -0.2) is 13.1 Å². The fourth-order valence-corrected chi connectivity index (χ4v) is 4.51. The fraction of sp³-hybridized carbons (Fsp3) is 0.381. The number of benzene rings is 2. The number of piperazine rings is 1. The summed E-state index contributed by atoms with van der Waals surface area (Å²) < 4.78 is 28.2. The molecule has 0 spiro atoms. The van der Waals surface area contributed by atoms with E-state index in [0.29, 0.717) is 26.2 Å². The first-order valence-electron chi connectivity index (χ1n) is 9.47. The number of aryl methyl sites for hydroxylation is 1. The second-order valence-electron chi connectivity index (χ2n) is 7.13. The molecule has 1 unspecified atom stereocenters. The van der Waals surface area contributed by atoms with Gasteiger partial charge in [-0.3, -0.25) is 9.69 Å². The molecule has 1 saturated heterocycles. The Hall–Kier alpha value is -2.22. The van der Waals surface area contributed by atoms with Crippen LogP contribution in [0.25, 0.3) is 0 Å². The van der Waals surface area contributed by atoms with Gasteiger partial charge in [0.15, 0.2) is 0 Å². The van der Waals surface area contributed by atoms with E-state index < -0.39 is 10.0 Å². The summed E-state index contributed by atoms with van der Waals surface area (Å²) in [6, 6.07) is 16.7. The van der Waals surface area contributed by atoms with Crippen LogP contribution in [0.2, 0.25) is 0 Å². The minimum Gasteiger partial charge on any atom is -0.340 e. The van der Waals surface area contributed by atoms with Crippen molar-refractivity contribution in [3.63, 3.8) is 0 Å². The Morgan fingerprint density at radius 3 is 2.18 bits per heavy atom. The van der Waals surface area contributed by atoms with E-state index in [1.165, 1.54) is 0 Å². The Morgan fingerprint density at radius 2 is 1.61 bits per heavy atom. The zero-order valence-corrected chi connectivity index (χ0v) is 17.2. The maximum Gasteiger partial charge on any atom is 0.240 e. The zero-order chi connectivity index (χ0) is 20.1. The van der Waals surface area contributed by atoms with Crippen LogP contribution in [0.3, 0.4) is 0 Å². The van der Waals surface area contributed by atoms with Gasteiger partial charge in [0.1, 0.15) is 0 Å². The minimum atomic E-state index is -3.58. The van der Waals surface area contributed by atoms with Crippen molar-refractivity contribution in [2.75, 3.05) is 32.7 Å². The number of hydrogen-bond donors (Lipinski definition) is 1. The maximum absolute atomic E-state index is 12.7. The average Bonchev–Trinajstić information content (AvgIpc) is 2.69. The van der Waals surface area contributed by atoms with E-state index in [4.69, 9.17) is 0 Å². The minimum absolute atomic E-state index is 0.0796. The molecule has 150 valence electrons. The molecule has 1 amide bonds. The highest BCUT2D eigenvalue weighted by molar-refractivity contribution is 7.89. The Morgan fingerprint density at radius 1 is 1.00 bits per heavy atom. The van der Waals surface area contributed by atoms with Crippen LogP contribution in [0.5, 0.6) is 0 Å². The molecule has 2 aromatic rings. The number of sulfonamides is 1. The van der Waals surface area contributed by atoms with Crippen molar-refractivity contribution < 1.29 is 13.2 Å². The lowest BCUT2D eigenvalue weighted by Crippen LogP contribution is -2.50. The van der Waals surface area contributed by atoms with Crippen LogP contribution in [-0.2, 0) is 14.8 Å². The molecular weight excluding hydrogens is 374 g/mol. The highest BCUT2D eigenvalue weighted by Crippen LogP contribution is 2.22. The lowest BCUT2D eigenvalue weighted by Gasteiger charge is -2.39. The first-order valence-corrected chi connectivity index (χ1v) is 11.0. The molecule has 6 nitrogen and oxygen atoms in total. The molecule has 0 bridgehead atoms. The van der Waals surface area contributed by atoms with Gasteiger partial charge in [0.05, 0.1) is 4.90 Å². The van der Waals surface area contributed by atoms with Crippen LogP contribution in [0.15, 0.2) is 59.5 Å². The summed E-state index contributed by atoms with van der Waals surface area (Å²) in [6.07, 6.45) is 0.